The quantitative estimate of drug-likeness (QED) is 0.931. The zero-order valence-electron chi connectivity index (χ0n) is 13.9. The molecular weight excluding hydrogens is 320 g/mol. The van der Waals surface area contributed by atoms with E-state index in [9.17, 15) is 4.79 Å². The number of amides is 1. The Hall–Kier alpha value is -1.79. The van der Waals surface area contributed by atoms with Crippen LogP contribution in [-0.4, -0.2) is 39.4 Å². The summed E-state index contributed by atoms with van der Waals surface area (Å²) < 4.78 is 0. The van der Waals surface area contributed by atoms with Crippen molar-refractivity contribution in [3.8, 4) is 0 Å². The normalized spacial score (nSPS) is 23.5. The van der Waals surface area contributed by atoms with Gasteiger partial charge in [-0.25, -0.2) is 4.98 Å². The first-order valence-electron chi connectivity index (χ1n) is 8.49. The summed E-state index contributed by atoms with van der Waals surface area (Å²) in [6, 6.07) is 4.11. The lowest BCUT2D eigenvalue weighted by Crippen LogP contribution is -2.53. The lowest BCUT2D eigenvalue weighted by Gasteiger charge is -2.42. The van der Waals surface area contributed by atoms with E-state index in [2.05, 4.69) is 37.7 Å². The third-order valence-corrected chi connectivity index (χ3v) is 6.18. The summed E-state index contributed by atoms with van der Waals surface area (Å²) in [6.45, 7) is 4.96. The molecular formula is C18H22N4OS. The van der Waals surface area contributed by atoms with E-state index in [0.717, 1.165) is 43.2 Å². The van der Waals surface area contributed by atoms with Crippen LogP contribution in [0.15, 0.2) is 29.9 Å². The number of carbonyl (C=O) groups excluding carboxylic acids is 1. The van der Waals surface area contributed by atoms with Crippen molar-refractivity contribution in [2.45, 2.75) is 44.2 Å². The number of pyridine rings is 1. The van der Waals surface area contributed by atoms with Crippen molar-refractivity contribution < 1.29 is 4.79 Å². The van der Waals surface area contributed by atoms with Gasteiger partial charge in [0.15, 0.2) is 0 Å². The Morgan fingerprint density at radius 2 is 2.08 bits per heavy atom. The minimum absolute atomic E-state index is 0.0903. The zero-order valence-corrected chi connectivity index (χ0v) is 14.7. The van der Waals surface area contributed by atoms with Gasteiger partial charge in [-0.15, -0.1) is 11.3 Å². The molecule has 2 aliphatic rings. The molecule has 4 rings (SSSR count). The Labute approximate surface area is 146 Å². The molecule has 2 aromatic rings. The summed E-state index contributed by atoms with van der Waals surface area (Å²) in [4.78, 5) is 23.3. The highest BCUT2D eigenvalue weighted by molar-refractivity contribution is 7.09. The summed E-state index contributed by atoms with van der Waals surface area (Å²) in [7, 11) is 0. The van der Waals surface area contributed by atoms with Crippen molar-refractivity contribution in [3.63, 3.8) is 0 Å². The third kappa shape index (κ3) is 2.96. The first-order chi connectivity index (χ1) is 11.6. The molecule has 1 amide bonds. The first-order valence-corrected chi connectivity index (χ1v) is 9.37. The molecule has 2 aromatic heterocycles. The topological polar surface area (TPSA) is 58.1 Å². The number of aromatic nitrogens is 2. The highest BCUT2D eigenvalue weighted by atomic mass is 32.1. The van der Waals surface area contributed by atoms with Gasteiger partial charge < -0.3 is 5.32 Å². The Kier molecular flexibility index (Phi) is 4.10. The highest BCUT2D eigenvalue weighted by Gasteiger charge is 2.48. The molecule has 2 aliphatic heterocycles. The fourth-order valence-corrected chi connectivity index (χ4v) is 4.73. The molecule has 0 saturated carbocycles. The van der Waals surface area contributed by atoms with Crippen LogP contribution in [-0.2, 0) is 11.3 Å². The van der Waals surface area contributed by atoms with Gasteiger partial charge in [0.25, 0.3) is 0 Å². The van der Waals surface area contributed by atoms with Gasteiger partial charge in [0.05, 0.1) is 10.7 Å². The van der Waals surface area contributed by atoms with Gasteiger partial charge in [-0.2, -0.15) is 0 Å². The van der Waals surface area contributed by atoms with Crippen LogP contribution in [0.2, 0.25) is 0 Å². The Bertz CT molecular complexity index is 722. The summed E-state index contributed by atoms with van der Waals surface area (Å²) in [5.41, 5.74) is 2.30. The number of likely N-dealkylation sites (tertiary alicyclic amines) is 1. The van der Waals surface area contributed by atoms with Crippen molar-refractivity contribution in [2.75, 3.05) is 13.1 Å². The largest absolute Gasteiger partial charge is 0.350 e. The standard InChI is InChI=1S/C18H22N4OS/c1-13-20-15(12-24-13)11-22-8-4-18(5-9-22)16(10-17(23)21-18)14-2-6-19-7-3-14/h2-3,6-7,12,16H,4-5,8-11H2,1H3,(H,21,23)/t16-/m1/s1. The van der Waals surface area contributed by atoms with E-state index in [4.69, 9.17) is 0 Å². The molecule has 1 N–H and O–H groups in total. The highest BCUT2D eigenvalue weighted by Crippen LogP contribution is 2.43. The van der Waals surface area contributed by atoms with Crippen LogP contribution in [0.25, 0.3) is 0 Å². The van der Waals surface area contributed by atoms with Crippen molar-refractivity contribution in [1.29, 1.82) is 0 Å². The van der Waals surface area contributed by atoms with Crippen molar-refractivity contribution >= 4 is 17.2 Å². The van der Waals surface area contributed by atoms with Crippen LogP contribution >= 0.6 is 11.3 Å². The second-order valence-electron chi connectivity index (χ2n) is 6.88. The molecule has 126 valence electrons. The fourth-order valence-electron chi connectivity index (χ4n) is 4.12. The van der Waals surface area contributed by atoms with Gasteiger partial charge >= 0.3 is 0 Å². The summed E-state index contributed by atoms with van der Waals surface area (Å²) in [5.74, 6) is 0.442. The summed E-state index contributed by atoms with van der Waals surface area (Å²) in [6.07, 6.45) is 6.23. The average molecular weight is 342 g/mol. The predicted octanol–water partition coefficient (Wildman–Crippen LogP) is 2.48. The minimum atomic E-state index is -0.0903. The van der Waals surface area contributed by atoms with Crippen LogP contribution in [0.3, 0.4) is 0 Å². The van der Waals surface area contributed by atoms with E-state index < -0.39 is 0 Å². The second kappa shape index (κ2) is 6.26. The molecule has 0 bridgehead atoms. The molecule has 1 spiro atoms. The molecule has 1 atom stereocenters. The molecule has 2 saturated heterocycles. The number of hydrogen-bond donors (Lipinski definition) is 1. The number of nitrogens with one attached hydrogen (secondary N) is 1. The number of piperidine rings is 1. The average Bonchev–Trinajstić information content (AvgIpc) is 3.14. The SMILES string of the molecule is Cc1nc(CN2CCC3(CC2)NC(=O)C[C@@H]3c2ccncc2)cs1. The van der Waals surface area contributed by atoms with E-state index >= 15 is 0 Å². The molecule has 5 nitrogen and oxygen atoms in total. The maximum absolute atomic E-state index is 12.1. The Morgan fingerprint density at radius 3 is 2.75 bits per heavy atom. The van der Waals surface area contributed by atoms with E-state index in [1.54, 1.807) is 11.3 Å². The minimum Gasteiger partial charge on any atom is -0.350 e. The molecule has 0 aromatic carbocycles. The van der Waals surface area contributed by atoms with Crippen LogP contribution in [0, 0.1) is 6.92 Å². The molecule has 6 heteroatoms. The van der Waals surface area contributed by atoms with Crippen molar-refractivity contribution in [2.24, 2.45) is 0 Å². The molecule has 4 heterocycles. The Balaban J connectivity index is 1.47. The number of thiazole rings is 1. The molecule has 24 heavy (non-hydrogen) atoms. The van der Waals surface area contributed by atoms with Crippen molar-refractivity contribution in [3.05, 3.63) is 46.2 Å². The number of carbonyl (C=O) groups is 1. The van der Waals surface area contributed by atoms with E-state index in [-0.39, 0.29) is 17.4 Å². The van der Waals surface area contributed by atoms with Gasteiger partial charge in [0.2, 0.25) is 5.91 Å². The van der Waals surface area contributed by atoms with E-state index in [1.807, 2.05) is 19.3 Å². The third-order valence-electron chi connectivity index (χ3n) is 5.35. The molecule has 0 unspecified atom stereocenters. The van der Waals surface area contributed by atoms with Gasteiger partial charge in [-0.3, -0.25) is 14.7 Å². The predicted molar refractivity (Wildman–Crippen MR) is 93.8 cm³/mol. The van der Waals surface area contributed by atoms with Crippen LogP contribution in [0.4, 0.5) is 0 Å². The fraction of sp³-hybridized carbons (Fsp3) is 0.500. The number of nitrogens with zero attached hydrogens (tertiary/aromatic N) is 3. The summed E-state index contributed by atoms with van der Waals surface area (Å²) >= 11 is 1.71. The monoisotopic (exact) mass is 342 g/mol. The first kappa shape index (κ1) is 15.7. The van der Waals surface area contributed by atoms with Crippen LogP contribution in [0.5, 0.6) is 0 Å². The smallest absolute Gasteiger partial charge is 0.221 e. The van der Waals surface area contributed by atoms with Crippen molar-refractivity contribution in [1.82, 2.24) is 20.2 Å². The number of rotatable bonds is 3. The number of hydrogen-bond acceptors (Lipinski definition) is 5. The Morgan fingerprint density at radius 1 is 1.33 bits per heavy atom. The molecule has 0 aliphatic carbocycles. The van der Waals surface area contributed by atoms with Crippen LogP contribution < -0.4 is 5.32 Å². The lowest BCUT2D eigenvalue weighted by molar-refractivity contribution is -0.120. The van der Waals surface area contributed by atoms with E-state index in [1.165, 1.54) is 5.56 Å². The molecule has 0 radical (unpaired) electrons. The van der Waals surface area contributed by atoms with Gasteiger partial charge in [-0.05, 0) is 37.5 Å². The zero-order chi connectivity index (χ0) is 16.6. The number of aryl methyl sites for hydroxylation is 1. The van der Waals surface area contributed by atoms with Gasteiger partial charge in [0, 0.05) is 55.3 Å². The maximum atomic E-state index is 12.1. The van der Waals surface area contributed by atoms with E-state index in [0.29, 0.717) is 6.42 Å². The van der Waals surface area contributed by atoms with Gasteiger partial charge in [-0.1, -0.05) is 0 Å². The second-order valence-corrected chi connectivity index (χ2v) is 7.94. The van der Waals surface area contributed by atoms with Gasteiger partial charge in [0.1, 0.15) is 0 Å². The van der Waals surface area contributed by atoms with Crippen LogP contribution in [0.1, 0.15) is 41.4 Å². The molecule has 2 fully saturated rings. The lowest BCUT2D eigenvalue weighted by atomic mass is 9.74. The summed E-state index contributed by atoms with van der Waals surface area (Å²) in [5, 5.41) is 6.58. The maximum Gasteiger partial charge on any atom is 0.221 e.